The zero-order valence-corrected chi connectivity index (χ0v) is 7.30. The third kappa shape index (κ3) is 1.08. The van der Waals surface area contributed by atoms with Crippen LogP contribution in [0.1, 0.15) is 6.92 Å². The van der Waals surface area contributed by atoms with Gasteiger partial charge in [0.2, 0.25) is 0 Å². The molecule has 64 valence electrons. The summed E-state index contributed by atoms with van der Waals surface area (Å²) in [5.74, 6) is 0.757. The Labute approximate surface area is 74.2 Å². The molecule has 12 heavy (non-hydrogen) atoms. The van der Waals surface area contributed by atoms with E-state index in [9.17, 15) is 4.79 Å². The maximum atomic E-state index is 11.2. The standard InChI is InChI=1S/C7H8ClN3O/c1-4-3-11-6(9-4)2-5(8)10-7(11)12/h2,4,9H,3H2,1H3. The maximum Gasteiger partial charge on any atom is 0.350 e. The highest BCUT2D eigenvalue weighted by Gasteiger charge is 2.17. The number of hydrogen-bond acceptors (Lipinski definition) is 3. The van der Waals surface area contributed by atoms with Gasteiger partial charge in [-0.25, -0.2) is 4.79 Å². The second-order valence-electron chi connectivity index (χ2n) is 2.90. The van der Waals surface area contributed by atoms with Crippen molar-refractivity contribution in [2.24, 2.45) is 0 Å². The lowest BCUT2D eigenvalue weighted by Crippen LogP contribution is -2.21. The van der Waals surface area contributed by atoms with Crippen molar-refractivity contribution in [3.05, 3.63) is 21.7 Å². The smallest absolute Gasteiger partial charge is 0.350 e. The van der Waals surface area contributed by atoms with Gasteiger partial charge in [0.15, 0.2) is 0 Å². The Morgan fingerprint density at radius 1 is 1.83 bits per heavy atom. The molecular formula is C7H8ClN3O. The van der Waals surface area contributed by atoms with Crippen LogP contribution in [0.15, 0.2) is 10.9 Å². The van der Waals surface area contributed by atoms with Gasteiger partial charge in [-0.05, 0) is 6.92 Å². The quantitative estimate of drug-likeness (QED) is 0.606. The number of fused-ring (bicyclic) bond motifs is 1. The van der Waals surface area contributed by atoms with Gasteiger partial charge in [0.1, 0.15) is 11.0 Å². The Kier molecular flexibility index (Phi) is 1.58. The van der Waals surface area contributed by atoms with Crippen LogP contribution in [-0.4, -0.2) is 15.6 Å². The molecule has 4 nitrogen and oxygen atoms in total. The molecule has 0 amide bonds. The molecule has 2 rings (SSSR count). The summed E-state index contributed by atoms with van der Waals surface area (Å²) in [6.45, 7) is 2.67. The van der Waals surface area contributed by atoms with Gasteiger partial charge in [0, 0.05) is 18.7 Å². The largest absolute Gasteiger partial charge is 0.367 e. The van der Waals surface area contributed by atoms with Crippen LogP contribution in [0.4, 0.5) is 5.82 Å². The van der Waals surface area contributed by atoms with Crippen molar-refractivity contribution in [1.82, 2.24) is 9.55 Å². The number of halogens is 1. The van der Waals surface area contributed by atoms with E-state index < -0.39 is 0 Å². The maximum absolute atomic E-state index is 11.2. The molecule has 0 saturated carbocycles. The summed E-state index contributed by atoms with van der Waals surface area (Å²) in [6.07, 6.45) is 0. The van der Waals surface area contributed by atoms with Crippen molar-refractivity contribution in [3.8, 4) is 0 Å². The van der Waals surface area contributed by atoms with Crippen LogP contribution in [0.5, 0.6) is 0 Å². The Hall–Kier alpha value is -1.03. The summed E-state index contributed by atoms with van der Waals surface area (Å²) in [5, 5.41) is 3.36. The molecule has 5 heteroatoms. The van der Waals surface area contributed by atoms with Crippen molar-refractivity contribution in [2.75, 3.05) is 5.32 Å². The van der Waals surface area contributed by atoms with Gasteiger partial charge in [-0.15, -0.1) is 0 Å². The van der Waals surface area contributed by atoms with Gasteiger partial charge in [0.05, 0.1) is 0 Å². The van der Waals surface area contributed by atoms with Crippen LogP contribution >= 0.6 is 11.6 Å². The minimum absolute atomic E-state index is 0.243. The summed E-state index contributed by atoms with van der Waals surface area (Å²) in [7, 11) is 0. The molecule has 1 unspecified atom stereocenters. The van der Waals surface area contributed by atoms with Crippen LogP contribution in [0.25, 0.3) is 0 Å². The van der Waals surface area contributed by atoms with E-state index in [0.29, 0.717) is 6.54 Å². The number of anilines is 1. The number of nitrogens with one attached hydrogen (secondary N) is 1. The third-order valence-electron chi connectivity index (χ3n) is 1.83. The van der Waals surface area contributed by atoms with E-state index in [4.69, 9.17) is 11.6 Å². The Morgan fingerprint density at radius 2 is 2.58 bits per heavy atom. The van der Waals surface area contributed by atoms with Crippen molar-refractivity contribution in [3.63, 3.8) is 0 Å². The van der Waals surface area contributed by atoms with Crippen LogP contribution in [0.2, 0.25) is 5.15 Å². The van der Waals surface area contributed by atoms with Crippen molar-refractivity contribution < 1.29 is 0 Å². The van der Waals surface area contributed by atoms with Crippen molar-refractivity contribution >= 4 is 17.4 Å². The summed E-state index contributed by atoms with van der Waals surface area (Å²) in [5.41, 5.74) is -0.283. The molecule has 0 spiro atoms. The summed E-state index contributed by atoms with van der Waals surface area (Å²) < 4.78 is 1.58. The fraction of sp³-hybridized carbons (Fsp3) is 0.429. The topological polar surface area (TPSA) is 46.9 Å². The number of rotatable bonds is 0. The highest BCUT2D eigenvalue weighted by molar-refractivity contribution is 6.29. The monoisotopic (exact) mass is 185 g/mol. The zero-order chi connectivity index (χ0) is 8.72. The number of nitrogens with zero attached hydrogens (tertiary/aromatic N) is 2. The summed E-state index contributed by atoms with van der Waals surface area (Å²) in [4.78, 5) is 14.8. The van der Waals surface area contributed by atoms with E-state index in [1.54, 1.807) is 10.6 Å². The molecule has 0 aliphatic carbocycles. The molecule has 0 fully saturated rings. The lowest BCUT2D eigenvalue weighted by atomic mass is 10.4. The van der Waals surface area contributed by atoms with E-state index in [1.807, 2.05) is 6.92 Å². The second kappa shape index (κ2) is 2.48. The number of hydrogen-bond donors (Lipinski definition) is 1. The van der Waals surface area contributed by atoms with Crippen molar-refractivity contribution in [1.29, 1.82) is 0 Å². The highest BCUT2D eigenvalue weighted by atomic mass is 35.5. The number of aromatic nitrogens is 2. The average Bonchev–Trinajstić information content (AvgIpc) is 2.29. The van der Waals surface area contributed by atoms with Gasteiger partial charge in [-0.2, -0.15) is 4.98 Å². The van der Waals surface area contributed by atoms with Crippen LogP contribution in [0, 0.1) is 0 Å². The molecule has 2 heterocycles. The minimum atomic E-state index is -0.283. The fourth-order valence-electron chi connectivity index (χ4n) is 1.35. The van der Waals surface area contributed by atoms with Gasteiger partial charge >= 0.3 is 5.69 Å². The fourth-order valence-corrected chi connectivity index (χ4v) is 1.52. The van der Waals surface area contributed by atoms with Gasteiger partial charge in [-0.3, -0.25) is 4.57 Å². The lowest BCUT2D eigenvalue weighted by Gasteiger charge is -1.99. The third-order valence-corrected chi connectivity index (χ3v) is 2.02. The molecule has 1 atom stereocenters. The molecule has 0 aromatic carbocycles. The first-order valence-corrected chi connectivity index (χ1v) is 4.08. The first-order valence-electron chi connectivity index (χ1n) is 3.71. The van der Waals surface area contributed by atoms with Crippen LogP contribution in [-0.2, 0) is 6.54 Å². The molecule has 1 aliphatic heterocycles. The van der Waals surface area contributed by atoms with Gasteiger partial charge < -0.3 is 5.32 Å². The minimum Gasteiger partial charge on any atom is -0.367 e. The summed E-state index contributed by atoms with van der Waals surface area (Å²) in [6, 6.07) is 1.94. The first-order chi connectivity index (χ1) is 5.66. The molecule has 0 saturated heterocycles. The Balaban J connectivity index is 2.60. The predicted octanol–water partition coefficient (Wildman–Crippen LogP) is 0.711. The lowest BCUT2D eigenvalue weighted by molar-refractivity contribution is 0.661. The second-order valence-corrected chi connectivity index (χ2v) is 3.29. The van der Waals surface area contributed by atoms with E-state index in [1.165, 1.54) is 0 Å². The molecular weight excluding hydrogens is 178 g/mol. The average molecular weight is 186 g/mol. The van der Waals surface area contributed by atoms with Crippen LogP contribution < -0.4 is 11.0 Å². The Morgan fingerprint density at radius 3 is 3.33 bits per heavy atom. The summed E-state index contributed by atoms with van der Waals surface area (Å²) >= 11 is 5.61. The SMILES string of the molecule is CC1Cn2c(cc(Cl)nc2=O)N1. The molecule has 1 aromatic heterocycles. The van der Waals surface area contributed by atoms with E-state index in [-0.39, 0.29) is 16.9 Å². The molecule has 1 aromatic rings. The molecule has 1 aliphatic rings. The normalized spacial score (nSPS) is 20.3. The van der Waals surface area contributed by atoms with Gasteiger partial charge in [-0.1, -0.05) is 11.6 Å². The highest BCUT2D eigenvalue weighted by Crippen LogP contribution is 2.17. The molecule has 0 radical (unpaired) electrons. The first kappa shape index (κ1) is 7.61. The van der Waals surface area contributed by atoms with Crippen LogP contribution in [0.3, 0.4) is 0 Å². The molecule has 1 N–H and O–H groups in total. The van der Waals surface area contributed by atoms with E-state index >= 15 is 0 Å². The predicted molar refractivity (Wildman–Crippen MR) is 46.6 cm³/mol. The van der Waals surface area contributed by atoms with Gasteiger partial charge in [0.25, 0.3) is 0 Å². The zero-order valence-electron chi connectivity index (χ0n) is 6.54. The van der Waals surface area contributed by atoms with E-state index in [2.05, 4.69) is 10.3 Å². The van der Waals surface area contributed by atoms with Crippen molar-refractivity contribution in [2.45, 2.75) is 19.5 Å². The molecule has 0 bridgehead atoms. The van der Waals surface area contributed by atoms with E-state index in [0.717, 1.165) is 5.82 Å². The Bertz CT molecular complexity index is 373.